The van der Waals surface area contributed by atoms with Crippen LogP contribution in [0.4, 0.5) is 11.6 Å². The Morgan fingerprint density at radius 3 is 2.37 bits per heavy atom. The molecule has 0 saturated heterocycles. The second-order valence-corrected chi connectivity index (χ2v) is 6.14. The van der Waals surface area contributed by atoms with E-state index < -0.39 is 0 Å². The van der Waals surface area contributed by atoms with Crippen molar-refractivity contribution in [3.05, 3.63) is 11.4 Å². The Hall–Kier alpha value is -1.32. The third kappa shape index (κ3) is 3.37. The van der Waals surface area contributed by atoms with Gasteiger partial charge in [-0.15, -0.1) is 0 Å². The molecule has 0 spiro atoms. The molecule has 1 aromatic heterocycles. The number of aromatic nitrogens is 2. The fourth-order valence-corrected chi connectivity index (χ4v) is 2.38. The van der Waals surface area contributed by atoms with Gasteiger partial charge in [0.2, 0.25) is 0 Å². The lowest BCUT2D eigenvalue weighted by atomic mass is 9.98. The highest BCUT2D eigenvalue weighted by Gasteiger charge is 2.38. The predicted octanol–water partition coefficient (Wildman–Crippen LogP) is 3.52. The van der Waals surface area contributed by atoms with Crippen LogP contribution in [0.15, 0.2) is 0 Å². The molecule has 0 aliphatic heterocycles. The number of nitrogens with zero attached hydrogens (tertiary/aromatic N) is 2. The van der Waals surface area contributed by atoms with Crippen molar-refractivity contribution in [2.75, 3.05) is 17.2 Å². The fraction of sp³-hybridized carbons (Fsp3) is 0.733. The first-order valence-corrected chi connectivity index (χ1v) is 7.31. The predicted molar refractivity (Wildman–Crippen MR) is 80.7 cm³/mol. The summed E-state index contributed by atoms with van der Waals surface area (Å²) < 4.78 is 0. The highest BCUT2D eigenvalue weighted by Crippen LogP contribution is 2.41. The minimum absolute atomic E-state index is 0.119. The van der Waals surface area contributed by atoms with Crippen LogP contribution in [0.3, 0.4) is 0 Å². The van der Waals surface area contributed by atoms with E-state index in [1.807, 2.05) is 6.92 Å². The van der Waals surface area contributed by atoms with E-state index in [9.17, 15) is 0 Å². The van der Waals surface area contributed by atoms with Crippen LogP contribution in [-0.4, -0.2) is 22.1 Å². The first-order chi connectivity index (χ1) is 8.94. The molecule has 1 aliphatic carbocycles. The minimum atomic E-state index is 0.119. The SMILES string of the molecule is CCCNc1nc(C)nc(NC(C)(C)C2CC2)c1C. The molecule has 4 nitrogen and oxygen atoms in total. The van der Waals surface area contributed by atoms with E-state index in [0.29, 0.717) is 0 Å². The Kier molecular flexibility index (Phi) is 3.97. The molecular formula is C15H26N4. The zero-order valence-corrected chi connectivity index (χ0v) is 12.8. The van der Waals surface area contributed by atoms with Crippen molar-refractivity contribution >= 4 is 11.6 Å². The van der Waals surface area contributed by atoms with Crippen LogP contribution >= 0.6 is 0 Å². The monoisotopic (exact) mass is 262 g/mol. The van der Waals surface area contributed by atoms with Crippen LogP contribution in [0, 0.1) is 19.8 Å². The zero-order chi connectivity index (χ0) is 14.0. The number of anilines is 2. The highest BCUT2D eigenvalue weighted by atomic mass is 15.1. The van der Waals surface area contributed by atoms with E-state index in [1.165, 1.54) is 12.8 Å². The molecule has 1 aliphatic rings. The number of hydrogen-bond acceptors (Lipinski definition) is 4. The molecule has 1 fully saturated rings. The summed E-state index contributed by atoms with van der Waals surface area (Å²) in [4.78, 5) is 9.07. The maximum atomic E-state index is 4.57. The maximum absolute atomic E-state index is 4.57. The van der Waals surface area contributed by atoms with Crippen LogP contribution in [-0.2, 0) is 0 Å². The Bertz CT molecular complexity index is 450. The van der Waals surface area contributed by atoms with Gasteiger partial charge in [-0.25, -0.2) is 9.97 Å². The van der Waals surface area contributed by atoms with Gasteiger partial charge in [0.05, 0.1) is 0 Å². The highest BCUT2D eigenvalue weighted by molar-refractivity contribution is 5.58. The van der Waals surface area contributed by atoms with Crippen LogP contribution in [0.5, 0.6) is 0 Å². The molecular weight excluding hydrogens is 236 g/mol. The molecule has 0 unspecified atom stereocenters. The first kappa shape index (κ1) is 14.1. The number of nitrogens with one attached hydrogen (secondary N) is 2. The van der Waals surface area contributed by atoms with Gasteiger partial charge < -0.3 is 10.6 Å². The molecule has 4 heteroatoms. The Labute approximate surface area is 116 Å². The number of hydrogen-bond donors (Lipinski definition) is 2. The van der Waals surface area contributed by atoms with E-state index in [1.54, 1.807) is 0 Å². The Morgan fingerprint density at radius 1 is 1.16 bits per heavy atom. The fourth-order valence-electron chi connectivity index (χ4n) is 2.38. The zero-order valence-electron chi connectivity index (χ0n) is 12.8. The van der Waals surface area contributed by atoms with Crippen molar-refractivity contribution in [3.63, 3.8) is 0 Å². The summed E-state index contributed by atoms with van der Waals surface area (Å²) in [7, 11) is 0. The lowest BCUT2D eigenvalue weighted by molar-refractivity contribution is 0.492. The summed E-state index contributed by atoms with van der Waals surface area (Å²) in [6.07, 6.45) is 3.74. The average Bonchev–Trinajstić information content (AvgIpc) is 3.15. The van der Waals surface area contributed by atoms with Crippen molar-refractivity contribution in [2.45, 2.75) is 59.4 Å². The standard InChI is InChI=1S/C15H26N4/c1-6-9-16-13-10(2)14(18-11(3)17-13)19-15(4,5)12-7-8-12/h12H,6-9H2,1-5H3,(H2,16,17,18,19). The van der Waals surface area contributed by atoms with Crippen molar-refractivity contribution < 1.29 is 0 Å². The molecule has 0 atom stereocenters. The van der Waals surface area contributed by atoms with Crippen molar-refractivity contribution in [2.24, 2.45) is 5.92 Å². The molecule has 1 saturated carbocycles. The minimum Gasteiger partial charge on any atom is -0.370 e. The number of rotatable bonds is 6. The van der Waals surface area contributed by atoms with Crippen LogP contribution < -0.4 is 10.6 Å². The largest absolute Gasteiger partial charge is 0.370 e. The lowest BCUT2D eigenvalue weighted by Gasteiger charge is -2.28. The third-order valence-corrected chi connectivity index (χ3v) is 3.84. The molecule has 2 rings (SSSR count). The van der Waals surface area contributed by atoms with Crippen LogP contribution in [0.1, 0.15) is 51.4 Å². The summed E-state index contributed by atoms with van der Waals surface area (Å²) >= 11 is 0. The number of aryl methyl sites for hydroxylation is 1. The van der Waals surface area contributed by atoms with Crippen molar-refractivity contribution in [1.82, 2.24) is 9.97 Å². The molecule has 0 radical (unpaired) electrons. The van der Waals surface area contributed by atoms with Crippen molar-refractivity contribution in [3.8, 4) is 0 Å². The normalized spacial score (nSPS) is 15.4. The summed E-state index contributed by atoms with van der Waals surface area (Å²) in [6, 6.07) is 0. The van der Waals surface area contributed by atoms with Gasteiger partial charge in [0.1, 0.15) is 17.5 Å². The van der Waals surface area contributed by atoms with E-state index in [2.05, 4.69) is 48.3 Å². The quantitative estimate of drug-likeness (QED) is 0.823. The maximum Gasteiger partial charge on any atom is 0.135 e. The van der Waals surface area contributed by atoms with E-state index in [0.717, 1.165) is 41.9 Å². The average molecular weight is 262 g/mol. The summed E-state index contributed by atoms with van der Waals surface area (Å²) in [5.74, 6) is 3.53. The smallest absolute Gasteiger partial charge is 0.135 e. The van der Waals surface area contributed by atoms with Gasteiger partial charge in [0.25, 0.3) is 0 Å². The second-order valence-electron chi connectivity index (χ2n) is 6.14. The van der Waals surface area contributed by atoms with Gasteiger partial charge in [-0.05, 0) is 52.9 Å². The molecule has 1 aromatic rings. The van der Waals surface area contributed by atoms with Crippen LogP contribution in [0.2, 0.25) is 0 Å². The van der Waals surface area contributed by atoms with Crippen LogP contribution in [0.25, 0.3) is 0 Å². The van der Waals surface area contributed by atoms with Gasteiger partial charge in [-0.3, -0.25) is 0 Å². The Balaban J connectivity index is 2.21. The summed E-state index contributed by atoms with van der Waals surface area (Å²) in [5, 5.41) is 7.00. The van der Waals surface area contributed by atoms with Crippen molar-refractivity contribution in [1.29, 1.82) is 0 Å². The van der Waals surface area contributed by atoms with Gasteiger partial charge in [0, 0.05) is 17.6 Å². The first-order valence-electron chi connectivity index (χ1n) is 7.31. The molecule has 19 heavy (non-hydrogen) atoms. The molecule has 0 amide bonds. The van der Waals surface area contributed by atoms with E-state index in [-0.39, 0.29) is 5.54 Å². The van der Waals surface area contributed by atoms with Gasteiger partial charge in [-0.2, -0.15) is 0 Å². The Morgan fingerprint density at radius 2 is 1.79 bits per heavy atom. The molecule has 2 N–H and O–H groups in total. The summed E-state index contributed by atoms with van der Waals surface area (Å²) in [5.41, 5.74) is 1.24. The van der Waals surface area contributed by atoms with E-state index >= 15 is 0 Å². The second kappa shape index (κ2) is 5.35. The van der Waals surface area contributed by atoms with Gasteiger partial charge in [0.15, 0.2) is 0 Å². The molecule has 0 aromatic carbocycles. The van der Waals surface area contributed by atoms with Gasteiger partial charge in [-0.1, -0.05) is 6.92 Å². The van der Waals surface area contributed by atoms with Gasteiger partial charge >= 0.3 is 0 Å². The topological polar surface area (TPSA) is 49.8 Å². The molecule has 106 valence electrons. The molecule has 1 heterocycles. The molecule has 0 bridgehead atoms. The summed E-state index contributed by atoms with van der Waals surface area (Å²) in [6.45, 7) is 11.7. The van der Waals surface area contributed by atoms with E-state index in [4.69, 9.17) is 0 Å². The third-order valence-electron chi connectivity index (χ3n) is 3.84. The lowest BCUT2D eigenvalue weighted by Crippen LogP contribution is -2.34.